The molecule has 3 rings (SSSR count). The summed E-state index contributed by atoms with van der Waals surface area (Å²) in [5.41, 5.74) is 8.64. The van der Waals surface area contributed by atoms with E-state index in [2.05, 4.69) is 0 Å². The molecule has 0 saturated heterocycles. The number of aliphatic hydroxyl groups is 1. The first kappa shape index (κ1) is 17.5. The number of nitrogen functional groups attached to an aromatic ring is 1. The maximum atomic E-state index is 14.8. The van der Waals surface area contributed by atoms with Gasteiger partial charge in [0, 0.05) is 16.8 Å². The van der Waals surface area contributed by atoms with Crippen LogP contribution in [0.2, 0.25) is 5.02 Å². The van der Waals surface area contributed by atoms with E-state index in [1.54, 1.807) is 19.1 Å². The molecule has 2 aromatic carbocycles. The first-order chi connectivity index (χ1) is 11.9. The van der Waals surface area contributed by atoms with Gasteiger partial charge in [-0.05, 0) is 67.2 Å². The Morgan fingerprint density at radius 2 is 1.84 bits per heavy atom. The van der Waals surface area contributed by atoms with Crippen molar-refractivity contribution in [2.24, 2.45) is 0 Å². The van der Waals surface area contributed by atoms with Crippen LogP contribution in [0, 0.1) is 18.6 Å². The Morgan fingerprint density at radius 1 is 1.16 bits per heavy atom. The number of hydrogen-bond acceptors (Lipinski definition) is 2. The molecule has 3 N–H and O–H groups in total. The fourth-order valence-electron chi connectivity index (χ4n) is 2.78. The Balaban J connectivity index is 2.23. The van der Waals surface area contributed by atoms with Crippen molar-refractivity contribution < 1.29 is 13.9 Å². The highest BCUT2D eigenvalue weighted by Gasteiger charge is 2.19. The van der Waals surface area contributed by atoms with Gasteiger partial charge in [-0.25, -0.2) is 8.78 Å². The summed E-state index contributed by atoms with van der Waals surface area (Å²) < 4.78 is 28.2. The van der Waals surface area contributed by atoms with Crippen LogP contribution in [-0.4, -0.2) is 5.11 Å². The van der Waals surface area contributed by atoms with Gasteiger partial charge in [0.2, 0.25) is 0 Å². The molecular formula is C20H18ClF2NO. The monoisotopic (exact) mass is 361 g/mol. The lowest BCUT2D eigenvalue weighted by Gasteiger charge is -2.19. The maximum Gasteiger partial charge on any atom is 0.149 e. The van der Waals surface area contributed by atoms with Crippen molar-refractivity contribution in [3.8, 4) is 0 Å². The average molecular weight is 362 g/mol. The minimum Gasteiger partial charge on any atom is -0.508 e. The van der Waals surface area contributed by atoms with E-state index < -0.39 is 11.6 Å². The Kier molecular flexibility index (Phi) is 4.82. The maximum absolute atomic E-state index is 14.8. The molecule has 0 aliphatic heterocycles. The van der Waals surface area contributed by atoms with Gasteiger partial charge in [-0.15, -0.1) is 0 Å². The molecule has 2 nitrogen and oxygen atoms in total. The molecule has 1 aliphatic carbocycles. The van der Waals surface area contributed by atoms with Gasteiger partial charge in [0.05, 0.1) is 5.02 Å². The van der Waals surface area contributed by atoms with Gasteiger partial charge in [0.25, 0.3) is 0 Å². The molecule has 25 heavy (non-hydrogen) atoms. The highest BCUT2D eigenvalue weighted by Crippen LogP contribution is 2.36. The summed E-state index contributed by atoms with van der Waals surface area (Å²) in [5.74, 6) is -0.978. The van der Waals surface area contributed by atoms with Crippen molar-refractivity contribution in [3.63, 3.8) is 0 Å². The van der Waals surface area contributed by atoms with Gasteiger partial charge >= 0.3 is 0 Å². The molecule has 2 aromatic rings. The zero-order valence-corrected chi connectivity index (χ0v) is 14.5. The molecule has 1 saturated carbocycles. The van der Waals surface area contributed by atoms with Gasteiger partial charge in [-0.1, -0.05) is 23.7 Å². The van der Waals surface area contributed by atoms with E-state index in [4.69, 9.17) is 17.3 Å². The lowest BCUT2D eigenvalue weighted by Crippen LogP contribution is -2.03. The van der Waals surface area contributed by atoms with Crippen LogP contribution in [0.25, 0.3) is 5.57 Å². The van der Waals surface area contributed by atoms with E-state index in [1.165, 1.54) is 24.3 Å². The molecule has 0 atom stereocenters. The summed E-state index contributed by atoms with van der Waals surface area (Å²) in [6.07, 6.45) is 4.13. The van der Waals surface area contributed by atoms with E-state index in [9.17, 15) is 13.9 Å². The van der Waals surface area contributed by atoms with Crippen molar-refractivity contribution in [2.75, 3.05) is 5.73 Å². The quantitative estimate of drug-likeness (QED) is 0.525. The van der Waals surface area contributed by atoms with Crippen LogP contribution < -0.4 is 5.73 Å². The van der Waals surface area contributed by atoms with E-state index in [-0.39, 0.29) is 22.0 Å². The summed E-state index contributed by atoms with van der Waals surface area (Å²) in [5, 5.41) is 10.4. The minimum atomic E-state index is -0.594. The van der Waals surface area contributed by atoms with Gasteiger partial charge in [0.1, 0.15) is 17.4 Å². The Morgan fingerprint density at radius 3 is 2.44 bits per heavy atom. The topological polar surface area (TPSA) is 46.2 Å². The second-order valence-electron chi connectivity index (χ2n) is 6.19. The minimum absolute atomic E-state index is 0.0138. The number of anilines is 1. The third-order valence-electron chi connectivity index (χ3n) is 4.47. The Labute approximate surface area is 150 Å². The second kappa shape index (κ2) is 6.89. The third kappa shape index (κ3) is 3.40. The molecule has 0 bridgehead atoms. The molecule has 0 radical (unpaired) electrons. The lowest BCUT2D eigenvalue weighted by atomic mass is 9.89. The molecule has 1 aliphatic rings. The van der Waals surface area contributed by atoms with E-state index in [0.29, 0.717) is 16.7 Å². The molecule has 0 unspecified atom stereocenters. The fourth-order valence-corrected chi connectivity index (χ4v) is 2.95. The molecular weight excluding hydrogens is 344 g/mol. The molecule has 0 spiro atoms. The van der Waals surface area contributed by atoms with Crippen molar-refractivity contribution in [2.45, 2.75) is 26.2 Å². The van der Waals surface area contributed by atoms with Crippen molar-refractivity contribution in [1.29, 1.82) is 0 Å². The molecule has 0 heterocycles. The summed E-state index contributed by atoms with van der Waals surface area (Å²) in [6, 6.07) is 7.18. The summed E-state index contributed by atoms with van der Waals surface area (Å²) in [4.78, 5) is 0. The molecule has 0 aromatic heterocycles. The fraction of sp³-hybridized carbons (Fsp3) is 0.200. The number of nitrogens with two attached hydrogens (primary N) is 1. The molecule has 130 valence electrons. The normalized spacial score (nSPS) is 14.4. The Hall–Kier alpha value is -2.33. The summed E-state index contributed by atoms with van der Waals surface area (Å²) >= 11 is 6.05. The van der Waals surface area contributed by atoms with Crippen LogP contribution in [0.15, 0.2) is 47.7 Å². The molecule has 0 amide bonds. The van der Waals surface area contributed by atoms with Gasteiger partial charge in [-0.3, -0.25) is 0 Å². The van der Waals surface area contributed by atoms with E-state index >= 15 is 0 Å². The van der Waals surface area contributed by atoms with Gasteiger partial charge < -0.3 is 10.8 Å². The van der Waals surface area contributed by atoms with Gasteiger partial charge in [0.15, 0.2) is 0 Å². The van der Waals surface area contributed by atoms with Crippen LogP contribution in [-0.2, 0) is 0 Å². The summed E-state index contributed by atoms with van der Waals surface area (Å²) in [7, 11) is 0. The number of allylic oxidation sites excluding steroid dienone is 2. The largest absolute Gasteiger partial charge is 0.508 e. The predicted octanol–water partition coefficient (Wildman–Crippen LogP) is 5.94. The average Bonchev–Trinajstić information content (AvgIpc) is 2.50. The van der Waals surface area contributed by atoms with Crippen molar-refractivity contribution in [3.05, 3.63) is 81.1 Å². The van der Waals surface area contributed by atoms with Crippen molar-refractivity contribution >= 4 is 22.9 Å². The number of aryl methyl sites for hydroxylation is 1. The van der Waals surface area contributed by atoms with Crippen LogP contribution in [0.3, 0.4) is 0 Å². The van der Waals surface area contributed by atoms with Crippen molar-refractivity contribution in [1.82, 2.24) is 0 Å². The zero-order valence-electron chi connectivity index (χ0n) is 13.7. The number of aliphatic hydroxyl groups excluding tert-OH is 1. The first-order valence-corrected chi connectivity index (χ1v) is 8.39. The van der Waals surface area contributed by atoms with Crippen LogP contribution >= 0.6 is 11.6 Å². The predicted molar refractivity (Wildman–Crippen MR) is 97.5 cm³/mol. The third-order valence-corrected chi connectivity index (χ3v) is 4.93. The highest BCUT2D eigenvalue weighted by atomic mass is 35.5. The number of rotatable bonds is 3. The first-order valence-electron chi connectivity index (χ1n) is 8.01. The number of benzene rings is 2. The van der Waals surface area contributed by atoms with Crippen LogP contribution in [0.5, 0.6) is 0 Å². The van der Waals surface area contributed by atoms with E-state index in [0.717, 1.165) is 24.8 Å². The summed E-state index contributed by atoms with van der Waals surface area (Å²) in [6.45, 7) is 1.71. The number of halogens is 3. The molecule has 5 heteroatoms. The lowest BCUT2D eigenvalue weighted by molar-refractivity contribution is 0.407. The standard InChI is InChI=1S/C20H18ClF2NO/c1-11-5-7-15(20(23)19(11)21)16(10-18(25)12-3-2-4-12)14-8-6-13(22)9-17(14)24/h5-10,25H,2-4,24H2,1H3/b16-10-. The SMILES string of the molecule is Cc1ccc(/C(=C\C(O)=C2CCC2)c2ccc(F)cc2N)c(F)c1Cl. The smallest absolute Gasteiger partial charge is 0.149 e. The number of hydrogen-bond donors (Lipinski definition) is 2. The highest BCUT2D eigenvalue weighted by molar-refractivity contribution is 6.31. The zero-order chi connectivity index (χ0) is 18.1. The van der Waals surface area contributed by atoms with E-state index in [1.807, 2.05) is 0 Å². The van der Waals surface area contributed by atoms with Crippen LogP contribution in [0.4, 0.5) is 14.5 Å². The van der Waals surface area contributed by atoms with Gasteiger partial charge in [-0.2, -0.15) is 0 Å². The second-order valence-corrected chi connectivity index (χ2v) is 6.57. The van der Waals surface area contributed by atoms with Crippen LogP contribution in [0.1, 0.15) is 36.0 Å². The Bertz CT molecular complexity index is 897. The molecule has 1 fully saturated rings.